The van der Waals surface area contributed by atoms with E-state index < -0.39 is 5.91 Å². The number of hydrogen-bond acceptors (Lipinski definition) is 3. The lowest BCUT2D eigenvalue weighted by atomic mass is 10.1. The largest absolute Gasteiger partial charge is 0.288 e. The van der Waals surface area contributed by atoms with Crippen molar-refractivity contribution in [2.24, 2.45) is 0 Å². The fourth-order valence-corrected chi connectivity index (χ4v) is 2.26. The van der Waals surface area contributed by atoms with Crippen LogP contribution >= 0.6 is 11.6 Å². The van der Waals surface area contributed by atoms with Crippen molar-refractivity contribution in [3.63, 3.8) is 0 Å². The number of amides is 1. The predicted octanol–water partition coefficient (Wildman–Crippen LogP) is 3.31. The Bertz CT molecular complexity index is 798. The Kier molecular flexibility index (Phi) is 3.91. The van der Waals surface area contributed by atoms with Crippen molar-refractivity contribution in [1.82, 2.24) is 15.3 Å². The lowest BCUT2D eigenvalue weighted by Gasteiger charge is -2.01. The SMILES string of the molecule is O=C(NO)c1cn(-c2ccccc2)nc1-c1ccc(Cl)cc1. The van der Waals surface area contributed by atoms with Crippen LogP contribution in [-0.2, 0) is 0 Å². The molecule has 0 fully saturated rings. The number of rotatable bonds is 3. The molecular weight excluding hydrogens is 302 g/mol. The molecule has 1 heterocycles. The van der Waals surface area contributed by atoms with Crippen LogP contribution in [-0.4, -0.2) is 20.9 Å². The maximum absolute atomic E-state index is 11.9. The van der Waals surface area contributed by atoms with Gasteiger partial charge in [-0.15, -0.1) is 0 Å². The molecule has 2 N–H and O–H groups in total. The van der Waals surface area contributed by atoms with Gasteiger partial charge in [-0.3, -0.25) is 10.0 Å². The molecule has 2 aromatic carbocycles. The van der Waals surface area contributed by atoms with E-state index in [1.807, 2.05) is 30.3 Å². The molecule has 0 aliphatic rings. The van der Waals surface area contributed by atoms with Crippen LogP contribution in [0.1, 0.15) is 10.4 Å². The lowest BCUT2D eigenvalue weighted by Crippen LogP contribution is -2.18. The van der Waals surface area contributed by atoms with Crippen LogP contribution in [0.2, 0.25) is 5.02 Å². The smallest absolute Gasteiger partial charge is 0.278 e. The van der Waals surface area contributed by atoms with Crippen LogP contribution in [0.3, 0.4) is 0 Å². The number of aromatic nitrogens is 2. The van der Waals surface area contributed by atoms with Crippen molar-refractivity contribution in [2.75, 3.05) is 0 Å². The third-order valence-electron chi connectivity index (χ3n) is 3.20. The Labute approximate surface area is 131 Å². The number of hydrogen-bond donors (Lipinski definition) is 2. The molecule has 5 nitrogen and oxygen atoms in total. The van der Waals surface area contributed by atoms with Crippen LogP contribution in [0.15, 0.2) is 60.8 Å². The van der Waals surface area contributed by atoms with Gasteiger partial charge in [-0.05, 0) is 24.3 Å². The molecule has 3 aromatic rings. The first-order valence-corrected chi connectivity index (χ1v) is 6.92. The van der Waals surface area contributed by atoms with E-state index in [-0.39, 0.29) is 5.56 Å². The Morgan fingerprint density at radius 3 is 2.41 bits per heavy atom. The number of nitrogens with one attached hydrogen (secondary N) is 1. The van der Waals surface area contributed by atoms with E-state index in [0.29, 0.717) is 10.7 Å². The highest BCUT2D eigenvalue weighted by molar-refractivity contribution is 6.30. The Morgan fingerprint density at radius 2 is 1.77 bits per heavy atom. The molecule has 0 radical (unpaired) electrons. The summed E-state index contributed by atoms with van der Waals surface area (Å²) >= 11 is 5.88. The van der Waals surface area contributed by atoms with Gasteiger partial charge in [-0.1, -0.05) is 41.9 Å². The zero-order chi connectivity index (χ0) is 15.5. The number of nitrogens with zero attached hydrogens (tertiary/aromatic N) is 2. The molecule has 3 rings (SSSR count). The highest BCUT2D eigenvalue weighted by atomic mass is 35.5. The Balaban J connectivity index is 2.13. The molecule has 0 saturated carbocycles. The first-order chi connectivity index (χ1) is 10.7. The topological polar surface area (TPSA) is 67.2 Å². The Hall–Kier alpha value is -2.63. The standard InChI is InChI=1S/C16H12ClN3O2/c17-12-8-6-11(7-9-12)15-14(16(21)19-22)10-20(18-15)13-4-2-1-3-5-13/h1-10,22H,(H,19,21). The first-order valence-electron chi connectivity index (χ1n) is 6.54. The van der Waals surface area contributed by atoms with Crippen molar-refractivity contribution < 1.29 is 10.0 Å². The summed E-state index contributed by atoms with van der Waals surface area (Å²) in [6.45, 7) is 0. The summed E-state index contributed by atoms with van der Waals surface area (Å²) in [5, 5.41) is 14.0. The summed E-state index contributed by atoms with van der Waals surface area (Å²) in [4.78, 5) is 11.9. The minimum atomic E-state index is -0.618. The van der Waals surface area contributed by atoms with E-state index in [1.54, 1.807) is 40.6 Å². The summed E-state index contributed by atoms with van der Waals surface area (Å²) in [6.07, 6.45) is 1.57. The maximum Gasteiger partial charge on any atom is 0.278 e. The third kappa shape index (κ3) is 2.72. The van der Waals surface area contributed by atoms with Crippen LogP contribution in [0.4, 0.5) is 0 Å². The van der Waals surface area contributed by atoms with E-state index in [1.165, 1.54) is 0 Å². The second-order valence-corrected chi connectivity index (χ2v) is 5.06. The van der Waals surface area contributed by atoms with Gasteiger partial charge in [0, 0.05) is 16.8 Å². The van der Waals surface area contributed by atoms with Gasteiger partial charge in [0.1, 0.15) is 5.69 Å². The molecule has 110 valence electrons. The van der Waals surface area contributed by atoms with Gasteiger partial charge in [0.2, 0.25) is 0 Å². The van der Waals surface area contributed by atoms with Gasteiger partial charge in [-0.2, -0.15) is 5.10 Å². The molecule has 0 spiro atoms. The van der Waals surface area contributed by atoms with E-state index in [9.17, 15) is 4.79 Å². The maximum atomic E-state index is 11.9. The predicted molar refractivity (Wildman–Crippen MR) is 83.3 cm³/mol. The normalized spacial score (nSPS) is 10.5. The molecule has 0 aliphatic carbocycles. The van der Waals surface area contributed by atoms with E-state index in [0.717, 1.165) is 11.3 Å². The highest BCUT2D eigenvalue weighted by Gasteiger charge is 2.18. The van der Waals surface area contributed by atoms with Crippen LogP contribution in [0.5, 0.6) is 0 Å². The summed E-state index contributed by atoms with van der Waals surface area (Å²) in [5.74, 6) is -0.618. The van der Waals surface area contributed by atoms with Gasteiger partial charge in [0.05, 0.1) is 11.3 Å². The van der Waals surface area contributed by atoms with Gasteiger partial charge in [0.15, 0.2) is 0 Å². The van der Waals surface area contributed by atoms with Crippen molar-refractivity contribution in [2.45, 2.75) is 0 Å². The van der Waals surface area contributed by atoms with E-state index >= 15 is 0 Å². The van der Waals surface area contributed by atoms with Crippen molar-refractivity contribution in [3.8, 4) is 16.9 Å². The number of halogens is 1. The minimum absolute atomic E-state index is 0.272. The highest BCUT2D eigenvalue weighted by Crippen LogP contribution is 2.25. The zero-order valence-electron chi connectivity index (χ0n) is 11.4. The van der Waals surface area contributed by atoms with Gasteiger partial charge >= 0.3 is 0 Å². The number of carbonyl (C=O) groups excluding carboxylic acids is 1. The number of carbonyl (C=O) groups is 1. The van der Waals surface area contributed by atoms with Crippen molar-refractivity contribution >= 4 is 17.5 Å². The summed E-state index contributed by atoms with van der Waals surface area (Å²) < 4.78 is 1.59. The third-order valence-corrected chi connectivity index (χ3v) is 3.45. The van der Waals surface area contributed by atoms with Gasteiger partial charge < -0.3 is 0 Å². The first kappa shape index (κ1) is 14.3. The van der Waals surface area contributed by atoms with Crippen LogP contribution in [0, 0.1) is 0 Å². The molecule has 0 unspecified atom stereocenters. The van der Waals surface area contributed by atoms with E-state index in [2.05, 4.69) is 5.10 Å². The van der Waals surface area contributed by atoms with Crippen LogP contribution in [0.25, 0.3) is 16.9 Å². The number of benzene rings is 2. The second kappa shape index (κ2) is 6.01. The summed E-state index contributed by atoms with van der Waals surface area (Å²) in [5.41, 5.74) is 3.93. The summed E-state index contributed by atoms with van der Waals surface area (Å²) in [6, 6.07) is 16.4. The average molecular weight is 314 g/mol. The molecule has 1 aromatic heterocycles. The van der Waals surface area contributed by atoms with Crippen molar-refractivity contribution in [3.05, 3.63) is 71.4 Å². The molecule has 0 bridgehead atoms. The molecule has 0 atom stereocenters. The molecule has 0 saturated heterocycles. The van der Waals surface area contributed by atoms with Crippen molar-refractivity contribution in [1.29, 1.82) is 0 Å². The fourth-order valence-electron chi connectivity index (χ4n) is 2.13. The number of hydroxylamine groups is 1. The molecule has 1 amide bonds. The monoisotopic (exact) mass is 313 g/mol. The summed E-state index contributed by atoms with van der Waals surface area (Å²) in [7, 11) is 0. The average Bonchev–Trinajstić information content (AvgIpc) is 3.01. The minimum Gasteiger partial charge on any atom is -0.288 e. The molecule has 6 heteroatoms. The zero-order valence-corrected chi connectivity index (χ0v) is 12.2. The van der Waals surface area contributed by atoms with E-state index in [4.69, 9.17) is 16.8 Å². The molecule has 22 heavy (non-hydrogen) atoms. The second-order valence-electron chi connectivity index (χ2n) is 4.62. The van der Waals surface area contributed by atoms with Gasteiger partial charge in [-0.25, -0.2) is 10.2 Å². The quantitative estimate of drug-likeness (QED) is 0.576. The molecule has 0 aliphatic heterocycles. The van der Waals surface area contributed by atoms with Crippen LogP contribution < -0.4 is 5.48 Å². The fraction of sp³-hybridized carbons (Fsp3) is 0. The van der Waals surface area contributed by atoms with Gasteiger partial charge in [0.25, 0.3) is 5.91 Å². The Morgan fingerprint density at radius 1 is 1.09 bits per heavy atom. The molecular formula is C16H12ClN3O2. The lowest BCUT2D eigenvalue weighted by molar-refractivity contribution is 0.0707. The number of para-hydroxylation sites is 1.